The second-order valence-electron chi connectivity index (χ2n) is 4.36. The molecule has 94 valence electrons. The van der Waals surface area contributed by atoms with Crippen molar-refractivity contribution in [3.8, 4) is 0 Å². The van der Waals surface area contributed by atoms with Gasteiger partial charge in [-0.1, -0.05) is 18.2 Å². The van der Waals surface area contributed by atoms with Crippen molar-refractivity contribution in [3.63, 3.8) is 0 Å². The first kappa shape index (κ1) is 12.3. The lowest BCUT2D eigenvalue weighted by atomic mass is 9.96. The van der Waals surface area contributed by atoms with Crippen molar-refractivity contribution in [1.82, 2.24) is 9.97 Å². The van der Waals surface area contributed by atoms with E-state index in [4.69, 9.17) is 5.73 Å². The van der Waals surface area contributed by atoms with Crippen LogP contribution in [0.3, 0.4) is 0 Å². The predicted molar refractivity (Wildman–Crippen MR) is 79.7 cm³/mol. The van der Waals surface area contributed by atoms with Crippen molar-refractivity contribution < 1.29 is 0 Å². The summed E-state index contributed by atoms with van der Waals surface area (Å²) in [6.07, 6.45) is 7.20. The summed E-state index contributed by atoms with van der Waals surface area (Å²) >= 11 is 3.42. The Bertz CT molecular complexity index is 722. The molecule has 0 amide bonds. The summed E-state index contributed by atoms with van der Waals surface area (Å²) in [5.41, 5.74) is 8.44. The second-order valence-corrected chi connectivity index (χ2v) is 5.27. The summed E-state index contributed by atoms with van der Waals surface area (Å²) in [5, 5.41) is 2.23. The molecule has 0 aliphatic carbocycles. The second kappa shape index (κ2) is 5.07. The predicted octanol–water partition coefficient (Wildman–Crippen LogP) is 3.44. The Morgan fingerprint density at radius 1 is 1.05 bits per heavy atom. The molecule has 2 aromatic heterocycles. The van der Waals surface area contributed by atoms with E-state index in [-0.39, 0.29) is 6.04 Å². The highest BCUT2D eigenvalue weighted by Gasteiger charge is 2.12. The maximum absolute atomic E-state index is 6.37. The van der Waals surface area contributed by atoms with Crippen molar-refractivity contribution in [2.75, 3.05) is 0 Å². The molecule has 0 saturated heterocycles. The van der Waals surface area contributed by atoms with Gasteiger partial charge in [0.2, 0.25) is 0 Å². The van der Waals surface area contributed by atoms with Gasteiger partial charge in [0.25, 0.3) is 0 Å². The molecule has 0 aliphatic rings. The monoisotopic (exact) mass is 313 g/mol. The zero-order valence-electron chi connectivity index (χ0n) is 10.1. The summed E-state index contributed by atoms with van der Waals surface area (Å²) in [6.45, 7) is 0. The van der Waals surface area contributed by atoms with Crippen molar-refractivity contribution in [1.29, 1.82) is 0 Å². The summed E-state index contributed by atoms with van der Waals surface area (Å²) < 4.78 is 0.933. The maximum Gasteiger partial charge on any atom is 0.0573 e. The van der Waals surface area contributed by atoms with Crippen LogP contribution in [0.2, 0.25) is 0 Å². The van der Waals surface area contributed by atoms with Gasteiger partial charge in [-0.05, 0) is 44.6 Å². The molecule has 0 bridgehead atoms. The highest BCUT2D eigenvalue weighted by molar-refractivity contribution is 9.10. The standard InChI is InChI=1S/C15H12BrN3/c16-12-6-11(8-19-9-12)15(17)14-3-1-2-10-7-18-5-4-13(10)14/h1-9,15H,17H2. The first-order valence-electron chi connectivity index (χ1n) is 5.94. The fraction of sp³-hybridized carbons (Fsp3) is 0.0667. The number of halogens is 1. The Morgan fingerprint density at radius 2 is 1.95 bits per heavy atom. The van der Waals surface area contributed by atoms with E-state index in [1.54, 1.807) is 18.6 Å². The third kappa shape index (κ3) is 2.37. The minimum atomic E-state index is -0.198. The first-order chi connectivity index (χ1) is 9.25. The van der Waals surface area contributed by atoms with E-state index in [0.717, 1.165) is 26.4 Å². The van der Waals surface area contributed by atoms with Crippen LogP contribution in [-0.2, 0) is 0 Å². The van der Waals surface area contributed by atoms with Crippen molar-refractivity contribution in [2.45, 2.75) is 6.04 Å². The van der Waals surface area contributed by atoms with Crippen LogP contribution in [-0.4, -0.2) is 9.97 Å². The molecule has 4 heteroatoms. The fourth-order valence-electron chi connectivity index (χ4n) is 2.20. The van der Waals surface area contributed by atoms with Crippen molar-refractivity contribution >= 4 is 26.7 Å². The molecular weight excluding hydrogens is 302 g/mol. The van der Waals surface area contributed by atoms with Gasteiger partial charge in [0, 0.05) is 34.6 Å². The van der Waals surface area contributed by atoms with E-state index in [0.29, 0.717) is 0 Å². The quantitative estimate of drug-likeness (QED) is 0.788. The number of nitrogens with two attached hydrogens (primary N) is 1. The summed E-state index contributed by atoms with van der Waals surface area (Å²) in [5.74, 6) is 0. The van der Waals surface area contributed by atoms with Crippen molar-refractivity contribution in [2.24, 2.45) is 5.73 Å². The van der Waals surface area contributed by atoms with Crippen LogP contribution >= 0.6 is 15.9 Å². The van der Waals surface area contributed by atoms with Gasteiger partial charge in [-0.2, -0.15) is 0 Å². The van der Waals surface area contributed by atoms with Crippen LogP contribution < -0.4 is 5.73 Å². The zero-order valence-corrected chi connectivity index (χ0v) is 11.7. The summed E-state index contributed by atoms with van der Waals surface area (Å²) in [6, 6.07) is 9.89. The first-order valence-corrected chi connectivity index (χ1v) is 6.73. The normalized spacial score (nSPS) is 12.5. The van der Waals surface area contributed by atoms with Gasteiger partial charge in [-0.15, -0.1) is 0 Å². The molecule has 0 fully saturated rings. The fourth-order valence-corrected chi connectivity index (χ4v) is 2.58. The third-order valence-electron chi connectivity index (χ3n) is 3.13. The number of fused-ring (bicyclic) bond motifs is 1. The molecule has 1 atom stereocenters. The van der Waals surface area contributed by atoms with E-state index < -0.39 is 0 Å². The number of nitrogens with zero attached hydrogens (tertiary/aromatic N) is 2. The van der Waals surface area contributed by atoms with E-state index in [1.165, 1.54) is 0 Å². The molecule has 0 aliphatic heterocycles. The zero-order chi connectivity index (χ0) is 13.2. The minimum Gasteiger partial charge on any atom is -0.320 e. The Balaban J connectivity index is 2.14. The number of aromatic nitrogens is 2. The van der Waals surface area contributed by atoms with Gasteiger partial charge in [0.05, 0.1) is 6.04 Å². The summed E-state index contributed by atoms with van der Waals surface area (Å²) in [7, 11) is 0. The van der Waals surface area contributed by atoms with E-state index in [1.807, 2.05) is 36.5 Å². The highest BCUT2D eigenvalue weighted by Crippen LogP contribution is 2.27. The maximum atomic E-state index is 6.37. The molecule has 3 aromatic rings. The average molecular weight is 314 g/mol. The van der Waals surface area contributed by atoms with Gasteiger partial charge in [0.15, 0.2) is 0 Å². The topological polar surface area (TPSA) is 51.8 Å². The third-order valence-corrected chi connectivity index (χ3v) is 3.57. The van der Waals surface area contributed by atoms with Gasteiger partial charge < -0.3 is 5.73 Å². The molecule has 3 nitrogen and oxygen atoms in total. The Labute approximate surface area is 119 Å². The highest BCUT2D eigenvalue weighted by atomic mass is 79.9. The molecule has 2 heterocycles. The Kier molecular flexibility index (Phi) is 3.27. The molecule has 3 rings (SSSR count). The van der Waals surface area contributed by atoms with Crippen LogP contribution in [0.5, 0.6) is 0 Å². The number of hydrogen-bond acceptors (Lipinski definition) is 3. The average Bonchev–Trinajstić information content (AvgIpc) is 2.46. The lowest BCUT2D eigenvalue weighted by Crippen LogP contribution is -2.12. The Hall–Kier alpha value is -1.78. The summed E-state index contributed by atoms with van der Waals surface area (Å²) in [4.78, 5) is 8.31. The molecule has 2 N–H and O–H groups in total. The molecule has 0 spiro atoms. The van der Waals surface area contributed by atoms with Crippen LogP contribution in [0, 0.1) is 0 Å². The van der Waals surface area contributed by atoms with Gasteiger partial charge >= 0.3 is 0 Å². The smallest absolute Gasteiger partial charge is 0.0573 e. The van der Waals surface area contributed by atoms with E-state index in [2.05, 4.69) is 25.9 Å². The van der Waals surface area contributed by atoms with Gasteiger partial charge in [0.1, 0.15) is 0 Å². The molecule has 1 unspecified atom stereocenters. The molecule has 1 aromatic carbocycles. The van der Waals surface area contributed by atoms with Gasteiger partial charge in [-0.3, -0.25) is 9.97 Å². The largest absolute Gasteiger partial charge is 0.320 e. The number of rotatable bonds is 2. The number of pyridine rings is 2. The molecule has 0 radical (unpaired) electrons. The SMILES string of the molecule is NC(c1cncc(Br)c1)c1cccc2cnccc12. The van der Waals surface area contributed by atoms with Crippen LogP contribution in [0.4, 0.5) is 0 Å². The number of benzene rings is 1. The van der Waals surface area contributed by atoms with Crippen LogP contribution in [0.15, 0.2) is 59.6 Å². The minimum absolute atomic E-state index is 0.198. The number of hydrogen-bond donors (Lipinski definition) is 1. The molecular formula is C15H12BrN3. The van der Waals surface area contributed by atoms with Crippen LogP contribution in [0.1, 0.15) is 17.2 Å². The van der Waals surface area contributed by atoms with Crippen LogP contribution in [0.25, 0.3) is 10.8 Å². The lowest BCUT2D eigenvalue weighted by Gasteiger charge is -2.15. The molecule has 19 heavy (non-hydrogen) atoms. The Morgan fingerprint density at radius 3 is 2.79 bits per heavy atom. The van der Waals surface area contributed by atoms with Crippen molar-refractivity contribution in [3.05, 3.63) is 70.7 Å². The molecule has 0 saturated carbocycles. The lowest BCUT2D eigenvalue weighted by molar-refractivity contribution is 0.870. The van der Waals surface area contributed by atoms with Gasteiger partial charge in [-0.25, -0.2) is 0 Å². The van der Waals surface area contributed by atoms with E-state index >= 15 is 0 Å². The van der Waals surface area contributed by atoms with E-state index in [9.17, 15) is 0 Å².